The number of hydrogen-bond donors (Lipinski definition) is 3. The van der Waals surface area contributed by atoms with Gasteiger partial charge in [0.25, 0.3) is 0 Å². The van der Waals surface area contributed by atoms with Gasteiger partial charge in [0.15, 0.2) is 0 Å². The Hall–Kier alpha value is -4.66. The molecule has 4 aromatic rings. The van der Waals surface area contributed by atoms with Crippen LogP contribution in [0.15, 0.2) is 79.1 Å². The van der Waals surface area contributed by atoms with Gasteiger partial charge >= 0.3 is 17.7 Å². The fraction of sp³-hybridized carbons (Fsp3) is 0.154. The molecule has 0 fully saturated rings. The fourth-order valence-electron chi connectivity index (χ4n) is 3.71. The number of rotatable bonds is 7. The third kappa shape index (κ3) is 5.14. The SMILES string of the molecule is COC(=O)c1cc(NC(C)C(=O)Nc2ccc(-c3ccccc3)c[n+]2O)ccc1-c1ccnn1C. The second-order valence-electron chi connectivity index (χ2n) is 7.96. The second-order valence-corrected chi connectivity index (χ2v) is 7.96. The minimum atomic E-state index is -0.670. The molecule has 35 heavy (non-hydrogen) atoms. The standard InChI is InChI=1S/C26H25N5O4/c1-17(25(32)29-24-12-9-19(16-31(24)34)18-7-5-4-6-8-18)28-20-10-11-21(22(15-20)26(33)35-3)23-13-14-27-30(23)2/h4-17,34H,1-3H3,(H,27,28)/p+1. The Morgan fingerprint density at radius 3 is 2.49 bits per heavy atom. The highest BCUT2D eigenvalue weighted by atomic mass is 16.5. The molecule has 0 spiro atoms. The molecule has 0 bridgehead atoms. The van der Waals surface area contributed by atoms with E-state index in [1.807, 2.05) is 36.4 Å². The number of methoxy groups -OCH3 is 1. The molecule has 9 nitrogen and oxygen atoms in total. The van der Waals surface area contributed by atoms with Crippen molar-refractivity contribution in [3.8, 4) is 22.4 Å². The lowest BCUT2D eigenvalue weighted by Gasteiger charge is -2.15. The number of esters is 1. The monoisotopic (exact) mass is 472 g/mol. The van der Waals surface area contributed by atoms with Crippen LogP contribution in [0.2, 0.25) is 0 Å². The highest BCUT2D eigenvalue weighted by Crippen LogP contribution is 2.27. The number of nitrogens with one attached hydrogen (secondary N) is 2. The van der Waals surface area contributed by atoms with Crippen LogP contribution in [-0.4, -0.2) is 40.0 Å². The summed E-state index contributed by atoms with van der Waals surface area (Å²) >= 11 is 0. The number of anilines is 2. The number of ether oxygens (including phenoxy) is 1. The summed E-state index contributed by atoms with van der Waals surface area (Å²) in [5.41, 5.74) is 4.09. The van der Waals surface area contributed by atoms with E-state index >= 15 is 0 Å². The number of hydrogen-bond acceptors (Lipinski definition) is 6. The van der Waals surface area contributed by atoms with Crippen molar-refractivity contribution in [2.45, 2.75) is 13.0 Å². The third-order valence-corrected chi connectivity index (χ3v) is 5.59. The van der Waals surface area contributed by atoms with Crippen molar-refractivity contribution in [3.63, 3.8) is 0 Å². The van der Waals surface area contributed by atoms with Gasteiger partial charge in [-0.25, -0.2) is 14.9 Å². The number of aromatic nitrogens is 3. The molecule has 2 heterocycles. The third-order valence-electron chi connectivity index (χ3n) is 5.59. The smallest absolute Gasteiger partial charge is 0.338 e. The summed E-state index contributed by atoms with van der Waals surface area (Å²) in [4.78, 5) is 25.2. The minimum absolute atomic E-state index is 0.227. The lowest BCUT2D eigenvalue weighted by Crippen LogP contribution is -2.39. The van der Waals surface area contributed by atoms with E-state index in [0.717, 1.165) is 21.6 Å². The summed E-state index contributed by atoms with van der Waals surface area (Å²) in [7, 11) is 3.10. The largest absolute Gasteiger partial charge is 0.465 e. The summed E-state index contributed by atoms with van der Waals surface area (Å²) in [6, 6.07) is 19.4. The van der Waals surface area contributed by atoms with E-state index in [1.165, 1.54) is 13.3 Å². The van der Waals surface area contributed by atoms with Crippen molar-refractivity contribution in [3.05, 3.63) is 84.7 Å². The topological polar surface area (TPSA) is 109 Å². The van der Waals surface area contributed by atoms with E-state index in [1.54, 1.807) is 55.2 Å². The summed E-state index contributed by atoms with van der Waals surface area (Å²) < 4.78 is 7.49. The molecule has 0 radical (unpaired) electrons. The lowest BCUT2D eigenvalue weighted by atomic mass is 10.0. The van der Waals surface area contributed by atoms with Gasteiger partial charge in [-0.1, -0.05) is 35.1 Å². The van der Waals surface area contributed by atoms with Crippen molar-refractivity contribution in [1.82, 2.24) is 9.78 Å². The summed E-state index contributed by atoms with van der Waals surface area (Å²) in [6.45, 7) is 1.68. The van der Waals surface area contributed by atoms with Crippen LogP contribution in [0.5, 0.6) is 0 Å². The van der Waals surface area contributed by atoms with Gasteiger partial charge < -0.3 is 15.3 Å². The van der Waals surface area contributed by atoms with E-state index in [2.05, 4.69) is 15.7 Å². The van der Waals surface area contributed by atoms with Gasteiger partial charge in [-0.05, 0) is 42.8 Å². The van der Waals surface area contributed by atoms with Crippen LogP contribution in [0.1, 0.15) is 17.3 Å². The molecule has 178 valence electrons. The number of carbonyl (C=O) groups is 2. The molecular weight excluding hydrogens is 446 g/mol. The first-order valence-corrected chi connectivity index (χ1v) is 11.0. The zero-order chi connectivity index (χ0) is 24.9. The molecule has 3 N–H and O–H groups in total. The zero-order valence-electron chi connectivity index (χ0n) is 19.6. The van der Waals surface area contributed by atoms with Gasteiger partial charge in [0.05, 0.1) is 18.4 Å². The fourth-order valence-corrected chi connectivity index (χ4v) is 3.71. The number of carbonyl (C=O) groups excluding carboxylic acids is 2. The quantitative estimate of drug-likeness (QED) is 0.216. The highest BCUT2D eigenvalue weighted by molar-refractivity contribution is 5.99. The molecule has 0 saturated carbocycles. The molecule has 1 amide bonds. The van der Waals surface area contributed by atoms with Crippen molar-refractivity contribution >= 4 is 23.4 Å². The van der Waals surface area contributed by atoms with Gasteiger partial charge in [0.1, 0.15) is 12.2 Å². The van der Waals surface area contributed by atoms with Gasteiger partial charge in [-0.2, -0.15) is 5.10 Å². The average molecular weight is 473 g/mol. The van der Waals surface area contributed by atoms with Crippen LogP contribution in [0.4, 0.5) is 11.5 Å². The summed E-state index contributed by atoms with van der Waals surface area (Å²) in [6.07, 6.45) is 3.18. The number of aryl methyl sites for hydroxylation is 1. The van der Waals surface area contributed by atoms with Crippen molar-refractivity contribution in [1.29, 1.82) is 0 Å². The first-order valence-electron chi connectivity index (χ1n) is 11.0. The molecule has 4 rings (SSSR count). The maximum Gasteiger partial charge on any atom is 0.338 e. The van der Waals surface area contributed by atoms with Crippen LogP contribution in [-0.2, 0) is 16.6 Å². The zero-order valence-corrected chi connectivity index (χ0v) is 19.6. The predicted molar refractivity (Wildman–Crippen MR) is 131 cm³/mol. The van der Waals surface area contributed by atoms with Crippen molar-refractivity contribution < 1.29 is 24.3 Å². The highest BCUT2D eigenvalue weighted by Gasteiger charge is 2.23. The maximum absolute atomic E-state index is 12.8. The Balaban J connectivity index is 1.49. The summed E-state index contributed by atoms with van der Waals surface area (Å²) in [5, 5.41) is 20.3. The molecule has 0 aliphatic rings. The van der Waals surface area contributed by atoms with Crippen LogP contribution in [0.25, 0.3) is 22.4 Å². The molecule has 9 heteroatoms. The van der Waals surface area contributed by atoms with E-state index in [9.17, 15) is 14.8 Å². The molecule has 1 atom stereocenters. The van der Waals surface area contributed by atoms with Gasteiger partial charge in [-0.15, -0.1) is 0 Å². The normalized spacial score (nSPS) is 11.5. The van der Waals surface area contributed by atoms with Gasteiger partial charge in [0.2, 0.25) is 0 Å². The molecule has 1 unspecified atom stereocenters. The second kappa shape index (κ2) is 10.1. The Morgan fingerprint density at radius 1 is 1.06 bits per heavy atom. The Labute approximate surface area is 202 Å². The van der Waals surface area contributed by atoms with E-state index in [4.69, 9.17) is 4.74 Å². The first kappa shape index (κ1) is 23.5. The number of benzene rings is 2. The van der Waals surface area contributed by atoms with E-state index < -0.39 is 12.0 Å². The minimum Gasteiger partial charge on any atom is -0.465 e. The Morgan fingerprint density at radius 2 is 1.83 bits per heavy atom. The van der Waals surface area contributed by atoms with Crippen LogP contribution >= 0.6 is 0 Å². The van der Waals surface area contributed by atoms with E-state index in [0.29, 0.717) is 16.8 Å². The van der Waals surface area contributed by atoms with Crippen molar-refractivity contribution in [2.24, 2.45) is 7.05 Å². The van der Waals surface area contributed by atoms with Crippen molar-refractivity contribution in [2.75, 3.05) is 17.7 Å². The molecule has 2 aromatic heterocycles. The predicted octanol–water partition coefficient (Wildman–Crippen LogP) is 3.50. The first-order chi connectivity index (χ1) is 16.9. The van der Waals surface area contributed by atoms with Crippen LogP contribution in [0, 0.1) is 0 Å². The average Bonchev–Trinajstić information content (AvgIpc) is 3.30. The molecule has 2 aromatic carbocycles. The van der Waals surface area contributed by atoms with Crippen LogP contribution < -0.4 is 15.4 Å². The Kier molecular flexibility index (Phi) is 6.77. The summed E-state index contributed by atoms with van der Waals surface area (Å²) in [5.74, 6) is -0.637. The van der Waals surface area contributed by atoms with Crippen LogP contribution in [0.3, 0.4) is 0 Å². The Bertz CT molecular complexity index is 1370. The van der Waals surface area contributed by atoms with Gasteiger partial charge in [-0.3, -0.25) is 4.68 Å². The van der Waals surface area contributed by atoms with Gasteiger partial charge in [0, 0.05) is 36.1 Å². The lowest BCUT2D eigenvalue weighted by molar-refractivity contribution is -0.893. The molecule has 0 saturated heterocycles. The number of nitrogens with zero attached hydrogens (tertiary/aromatic N) is 3. The number of amides is 1. The molecule has 0 aliphatic heterocycles. The molecular formula is C26H26N5O4+. The number of pyridine rings is 1. The van der Waals surface area contributed by atoms with E-state index in [-0.39, 0.29) is 11.7 Å². The molecule has 0 aliphatic carbocycles. The maximum atomic E-state index is 12.8.